The zero-order valence-electron chi connectivity index (χ0n) is 13.1. The molecule has 0 aromatic carbocycles. The first-order valence-electron chi connectivity index (χ1n) is 7.65. The van der Waals surface area contributed by atoms with Crippen molar-refractivity contribution >= 4 is 22.9 Å². The number of thiophene rings is 1. The van der Waals surface area contributed by atoms with Crippen LogP contribution >= 0.6 is 22.9 Å². The fraction of sp³-hybridized carbons (Fsp3) is 0.750. The minimum Gasteiger partial charge on any atom is -0.308 e. The van der Waals surface area contributed by atoms with Gasteiger partial charge in [-0.15, -0.1) is 11.3 Å². The van der Waals surface area contributed by atoms with Gasteiger partial charge in [0.15, 0.2) is 0 Å². The van der Waals surface area contributed by atoms with E-state index in [0.717, 1.165) is 17.5 Å². The van der Waals surface area contributed by atoms with E-state index in [9.17, 15) is 0 Å². The molecule has 1 aromatic heterocycles. The van der Waals surface area contributed by atoms with Crippen LogP contribution < -0.4 is 5.32 Å². The topological polar surface area (TPSA) is 15.3 Å². The van der Waals surface area contributed by atoms with Gasteiger partial charge in [0.2, 0.25) is 0 Å². The lowest BCUT2D eigenvalue weighted by Crippen LogP contribution is -2.56. The SMILES string of the molecule is CCNC(c1sccc1Cl)C1(N(C)C)CCCC(C)C1. The average Bonchev–Trinajstić information content (AvgIpc) is 2.81. The van der Waals surface area contributed by atoms with E-state index in [1.54, 1.807) is 11.3 Å². The minimum absolute atomic E-state index is 0.183. The fourth-order valence-electron chi connectivity index (χ4n) is 3.73. The normalized spacial score (nSPS) is 28.8. The monoisotopic (exact) mass is 314 g/mol. The Hall–Kier alpha value is -0.0900. The van der Waals surface area contributed by atoms with Gasteiger partial charge in [0.05, 0.1) is 11.1 Å². The van der Waals surface area contributed by atoms with Crippen molar-refractivity contribution in [2.75, 3.05) is 20.6 Å². The predicted molar refractivity (Wildman–Crippen MR) is 89.8 cm³/mol. The molecule has 1 heterocycles. The molecule has 2 rings (SSSR count). The Morgan fingerprint density at radius 1 is 1.55 bits per heavy atom. The lowest BCUT2D eigenvalue weighted by molar-refractivity contribution is 0.0384. The Morgan fingerprint density at radius 2 is 2.30 bits per heavy atom. The van der Waals surface area contributed by atoms with E-state index in [1.807, 2.05) is 6.07 Å². The molecular weight excluding hydrogens is 288 g/mol. The molecule has 2 nitrogen and oxygen atoms in total. The molecular formula is C16H27ClN2S. The first kappa shape index (κ1) is 16.3. The van der Waals surface area contributed by atoms with Gasteiger partial charge in [0.1, 0.15) is 0 Å². The Kier molecular flexibility index (Phi) is 5.52. The molecule has 1 saturated carbocycles. The van der Waals surface area contributed by atoms with Crippen molar-refractivity contribution in [2.45, 2.75) is 51.1 Å². The van der Waals surface area contributed by atoms with Gasteiger partial charge in [-0.2, -0.15) is 0 Å². The summed E-state index contributed by atoms with van der Waals surface area (Å²) in [7, 11) is 4.45. The van der Waals surface area contributed by atoms with E-state index in [-0.39, 0.29) is 5.54 Å². The highest BCUT2D eigenvalue weighted by Crippen LogP contribution is 2.46. The summed E-state index contributed by atoms with van der Waals surface area (Å²) in [4.78, 5) is 3.74. The van der Waals surface area contributed by atoms with Gasteiger partial charge >= 0.3 is 0 Å². The maximum atomic E-state index is 6.44. The lowest BCUT2D eigenvalue weighted by Gasteiger charge is -2.50. The van der Waals surface area contributed by atoms with Crippen LogP contribution in [0.2, 0.25) is 5.02 Å². The van der Waals surface area contributed by atoms with Crippen molar-refractivity contribution in [3.8, 4) is 0 Å². The van der Waals surface area contributed by atoms with Crippen molar-refractivity contribution in [3.05, 3.63) is 21.3 Å². The number of nitrogens with zero attached hydrogens (tertiary/aromatic N) is 1. The highest BCUT2D eigenvalue weighted by molar-refractivity contribution is 7.10. The van der Waals surface area contributed by atoms with E-state index in [1.165, 1.54) is 30.6 Å². The minimum atomic E-state index is 0.183. The molecule has 0 aliphatic heterocycles. The van der Waals surface area contributed by atoms with Crippen molar-refractivity contribution in [1.82, 2.24) is 10.2 Å². The molecule has 3 unspecified atom stereocenters. The largest absolute Gasteiger partial charge is 0.308 e. The summed E-state index contributed by atoms with van der Waals surface area (Å²) in [6.45, 7) is 5.55. The molecule has 0 saturated heterocycles. The highest BCUT2D eigenvalue weighted by Gasteiger charge is 2.45. The van der Waals surface area contributed by atoms with E-state index >= 15 is 0 Å². The Balaban J connectivity index is 2.40. The first-order valence-corrected chi connectivity index (χ1v) is 8.90. The Bertz CT molecular complexity index is 432. The van der Waals surface area contributed by atoms with Crippen molar-refractivity contribution in [3.63, 3.8) is 0 Å². The molecule has 114 valence electrons. The van der Waals surface area contributed by atoms with Crippen LogP contribution in [0.25, 0.3) is 0 Å². The number of likely N-dealkylation sites (N-methyl/N-ethyl adjacent to an activating group) is 2. The Labute approximate surface area is 132 Å². The maximum absolute atomic E-state index is 6.44. The molecule has 1 aromatic rings. The molecule has 1 aliphatic rings. The lowest BCUT2D eigenvalue weighted by atomic mass is 9.71. The average molecular weight is 315 g/mol. The molecule has 20 heavy (non-hydrogen) atoms. The Morgan fingerprint density at radius 3 is 2.80 bits per heavy atom. The standard InChI is InChI=1S/C16H27ClN2S/c1-5-18-15(14-13(17)8-10-20-14)16(19(3)4)9-6-7-12(2)11-16/h8,10,12,15,18H,5-7,9,11H2,1-4H3. The second kappa shape index (κ2) is 6.78. The molecule has 1 N–H and O–H groups in total. The van der Waals surface area contributed by atoms with Crippen molar-refractivity contribution in [2.24, 2.45) is 5.92 Å². The van der Waals surface area contributed by atoms with Crippen LogP contribution in [0.3, 0.4) is 0 Å². The van der Waals surface area contributed by atoms with Crippen LogP contribution in [0, 0.1) is 5.92 Å². The molecule has 0 spiro atoms. The summed E-state index contributed by atoms with van der Waals surface area (Å²) < 4.78 is 0. The van der Waals surface area contributed by atoms with Gasteiger partial charge in [-0.3, -0.25) is 0 Å². The number of halogens is 1. The maximum Gasteiger partial charge on any atom is 0.0616 e. The third-order valence-electron chi connectivity index (χ3n) is 4.75. The predicted octanol–water partition coefficient (Wildman–Crippen LogP) is 4.56. The van der Waals surface area contributed by atoms with Crippen molar-refractivity contribution in [1.29, 1.82) is 0 Å². The van der Waals surface area contributed by atoms with Crippen LogP contribution in [-0.4, -0.2) is 31.1 Å². The van der Waals surface area contributed by atoms with Crippen LogP contribution in [0.4, 0.5) is 0 Å². The van der Waals surface area contributed by atoms with Gasteiger partial charge in [0, 0.05) is 10.4 Å². The second-order valence-corrected chi connectivity index (χ2v) is 7.68. The summed E-state index contributed by atoms with van der Waals surface area (Å²) >= 11 is 8.23. The van der Waals surface area contributed by atoms with Gasteiger partial charge in [-0.25, -0.2) is 0 Å². The quantitative estimate of drug-likeness (QED) is 0.857. The molecule has 1 aliphatic carbocycles. The highest BCUT2D eigenvalue weighted by atomic mass is 35.5. The molecule has 3 atom stereocenters. The van der Waals surface area contributed by atoms with E-state index in [4.69, 9.17) is 11.6 Å². The number of hydrogen-bond acceptors (Lipinski definition) is 3. The zero-order valence-corrected chi connectivity index (χ0v) is 14.7. The summed E-state index contributed by atoms with van der Waals surface area (Å²) in [6.07, 6.45) is 5.15. The van der Waals surface area contributed by atoms with E-state index in [2.05, 4.69) is 43.5 Å². The third kappa shape index (κ3) is 3.06. The summed E-state index contributed by atoms with van der Waals surface area (Å²) in [5, 5.41) is 6.75. The number of rotatable bonds is 5. The van der Waals surface area contributed by atoms with Crippen LogP contribution in [0.15, 0.2) is 11.4 Å². The van der Waals surface area contributed by atoms with E-state index < -0.39 is 0 Å². The molecule has 1 fully saturated rings. The van der Waals surface area contributed by atoms with Crippen LogP contribution in [-0.2, 0) is 0 Å². The summed E-state index contributed by atoms with van der Waals surface area (Å²) in [6, 6.07) is 2.36. The van der Waals surface area contributed by atoms with Crippen LogP contribution in [0.1, 0.15) is 50.4 Å². The third-order valence-corrected chi connectivity index (χ3v) is 6.18. The molecule has 4 heteroatoms. The first-order chi connectivity index (χ1) is 9.51. The molecule has 0 radical (unpaired) electrons. The van der Waals surface area contributed by atoms with Gasteiger partial charge in [-0.1, -0.05) is 38.3 Å². The van der Waals surface area contributed by atoms with Gasteiger partial charge < -0.3 is 10.2 Å². The number of nitrogens with one attached hydrogen (secondary N) is 1. The fourth-order valence-corrected chi connectivity index (χ4v) is 5.08. The number of hydrogen-bond donors (Lipinski definition) is 1. The van der Waals surface area contributed by atoms with Gasteiger partial charge in [0.25, 0.3) is 0 Å². The summed E-state index contributed by atoms with van der Waals surface area (Å²) in [5.41, 5.74) is 0.183. The van der Waals surface area contributed by atoms with E-state index in [0.29, 0.717) is 6.04 Å². The second-order valence-electron chi connectivity index (χ2n) is 6.32. The molecule has 0 amide bonds. The summed E-state index contributed by atoms with van der Waals surface area (Å²) in [5.74, 6) is 0.783. The van der Waals surface area contributed by atoms with Crippen molar-refractivity contribution < 1.29 is 0 Å². The van der Waals surface area contributed by atoms with Crippen LogP contribution in [0.5, 0.6) is 0 Å². The van der Waals surface area contributed by atoms with Gasteiger partial charge in [-0.05, 0) is 50.8 Å². The molecule has 0 bridgehead atoms. The zero-order chi connectivity index (χ0) is 14.8. The smallest absolute Gasteiger partial charge is 0.0616 e.